The number of benzene rings is 5. The number of fused-ring (bicyclic) bond motifs is 5. The number of hydrazine groups is 1. The maximum absolute atomic E-state index is 15.3. The number of aryl methyl sites for hydroxylation is 1. The fourth-order valence-electron chi connectivity index (χ4n) is 9.85. The van der Waals surface area contributed by atoms with Gasteiger partial charge in [-0.15, -0.1) is 0 Å². The number of carbonyl (C=O) groups excluding carboxylic acids is 4. The minimum Gasteiger partial charge on any atom is -0.508 e. The van der Waals surface area contributed by atoms with Gasteiger partial charge < -0.3 is 9.52 Å². The van der Waals surface area contributed by atoms with Crippen LogP contribution in [0.1, 0.15) is 35.4 Å². The van der Waals surface area contributed by atoms with Crippen LogP contribution in [0.3, 0.4) is 0 Å². The Morgan fingerprint density at radius 1 is 0.825 bits per heavy atom. The first kappa shape index (κ1) is 35.1. The third-order valence-corrected chi connectivity index (χ3v) is 12.9. The highest BCUT2D eigenvalue weighted by molar-refractivity contribution is 9.10. The van der Waals surface area contributed by atoms with Gasteiger partial charge in [-0.2, -0.15) is 5.01 Å². The minimum absolute atomic E-state index is 0.0411. The molecule has 0 bridgehead atoms. The fourth-order valence-corrected chi connectivity index (χ4v) is 10.2. The predicted octanol–water partition coefficient (Wildman–Crippen LogP) is 8.46. The number of anilines is 2. The lowest BCUT2D eigenvalue weighted by atomic mass is 9.49. The number of imide groups is 2. The van der Waals surface area contributed by atoms with Crippen LogP contribution in [0, 0.1) is 30.6 Å². The molecule has 6 aromatic rings. The number of hydrogen-bond acceptors (Lipinski definition) is 8. The van der Waals surface area contributed by atoms with Crippen LogP contribution < -0.4 is 10.3 Å². The maximum Gasteiger partial charge on any atom is 0.260 e. The van der Waals surface area contributed by atoms with Gasteiger partial charge in [0.15, 0.2) is 5.58 Å². The van der Waals surface area contributed by atoms with Crippen molar-refractivity contribution < 1.29 is 28.7 Å². The average molecular weight is 820 g/mol. The van der Waals surface area contributed by atoms with Crippen molar-refractivity contribution in [2.75, 3.05) is 10.3 Å². The Hall–Kier alpha value is -6.33. The number of carbonyl (C=O) groups is 4. The van der Waals surface area contributed by atoms with Crippen molar-refractivity contribution in [3.63, 3.8) is 0 Å². The van der Waals surface area contributed by atoms with Gasteiger partial charge in [0.25, 0.3) is 11.8 Å². The monoisotopic (exact) mass is 818 g/mol. The molecule has 0 unspecified atom stereocenters. The van der Waals surface area contributed by atoms with Crippen LogP contribution in [0.2, 0.25) is 0 Å². The molecule has 2 aliphatic carbocycles. The van der Waals surface area contributed by atoms with Gasteiger partial charge in [-0.25, -0.2) is 4.98 Å². The second-order valence-corrected chi connectivity index (χ2v) is 16.3. The summed E-state index contributed by atoms with van der Waals surface area (Å²) in [5.74, 6) is -5.00. The van der Waals surface area contributed by atoms with Crippen LogP contribution in [0.5, 0.6) is 5.75 Å². The van der Waals surface area contributed by atoms with E-state index in [1.807, 2.05) is 91.9 Å². The molecule has 5 aromatic carbocycles. The minimum atomic E-state index is -1.49. The number of para-hydroxylation sites is 2. The Morgan fingerprint density at radius 3 is 2.32 bits per heavy atom. The maximum atomic E-state index is 15.3. The van der Waals surface area contributed by atoms with E-state index in [0.29, 0.717) is 44.0 Å². The second kappa shape index (κ2) is 13.1. The van der Waals surface area contributed by atoms with Crippen molar-refractivity contribution in [2.24, 2.45) is 23.7 Å². The number of halogens is 1. The van der Waals surface area contributed by atoms with Crippen molar-refractivity contribution in [1.29, 1.82) is 0 Å². The molecule has 0 spiro atoms. The summed E-state index contributed by atoms with van der Waals surface area (Å²) >= 11 is 3.59. The molecule has 3 heterocycles. The highest BCUT2D eigenvalue weighted by atomic mass is 79.9. The molecule has 11 heteroatoms. The van der Waals surface area contributed by atoms with Gasteiger partial charge >= 0.3 is 0 Å². The lowest BCUT2D eigenvalue weighted by molar-refractivity contribution is -0.138. The summed E-state index contributed by atoms with van der Waals surface area (Å²) in [5.41, 5.74) is 7.56. The molecule has 282 valence electrons. The number of aromatic nitrogens is 1. The zero-order chi connectivity index (χ0) is 39.2. The number of allylic oxidation sites excluding steroid dienone is 2. The molecule has 2 aliphatic heterocycles. The first-order chi connectivity index (χ1) is 27.6. The number of nitrogens with one attached hydrogen (secondary N) is 1. The number of phenols is 1. The van der Waals surface area contributed by atoms with Crippen LogP contribution >= 0.6 is 15.9 Å². The summed E-state index contributed by atoms with van der Waals surface area (Å²) in [7, 11) is 0. The van der Waals surface area contributed by atoms with Gasteiger partial charge in [-0.3, -0.25) is 29.5 Å². The standard InChI is InChI=1S/C46H35BrN4O6/c1-25-11-16-29(17-12-25)49-51-43(54)35-24-33-31(40(34-23-28(47)15-22-37(34)52)46(35,45(51)56)27-7-3-2-4-8-27)20-21-32-39(33)44(55)50(42(32)53)30-18-13-26(14-19-30)41-48-36-9-5-6-10-38(36)57-41/h2-20,22-23,32-33,35,39-40,49,52H,21,24H2,1H3/t32-,33+,35-,39-,40+,46+/m0/s1. The van der Waals surface area contributed by atoms with Crippen molar-refractivity contribution in [1.82, 2.24) is 9.99 Å². The molecule has 6 atom stereocenters. The van der Waals surface area contributed by atoms with E-state index in [2.05, 4.69) is 26.3 Å². The van der Waals surface area contributed by atoms with E-state index >= 15 is 4.79 Å². The number of amides is 4. The lowest BCUT2D eigenvalue weighted by Gasteiger charge is -2.50. The van der Waals surface area contributed by atoms with E-state index < -0.39 is 46.8 Å². The van der Waals surface area contributed by atoms with Crippen molar-refractivity contribution >= 4 is 62.0 Å². The first-order valence-electron chi connectivity index (χ1n) is 18.9. The number of aromatic hydroxyl groups is 1. The summed E-state index contributed by atoms with van der Waals surface area (Å²) in [5, 5.41) is 12.8. The highest BCUT2D eigenvalue weighted by Crippen LogP contribution is 2.65. The van der Waals surface area contributed by atoms with Crippen molar-refractivity contribution in [3.8, 4) is 17.2 Å². The molecule has 10 nitrogen and oxygen atoms in total. The van der Waals surface area contributed by atoms with Gasteiger partial charge in [0.1, 0.15) is 11.3 Å². The summed E-state index contributed by atoms with van der Waals surface area (Å²) in [6.45, 7) is 1.96. The molecule has 0 radical (unpaired) electrons. The number of rotatable bonds is 6. The molecule has 57 heavy (non-hydrogen) atoms. The molecular formula is C46H35BrN4O6. The largest absolute Gasteiger partial charge is 0.508 e. The fraction of sp³-hybridized carbons (Fsp3) is 0.196. The summed E-state index contributed by atoms with van der Waals surface area (Å²) < 4.78 is 6.63. The Labute approximate surface area is 335 Å². The zero-order valence-corrected chi connectivity index (χ0v) is 32.2. The number of phenolic OH excluding ortho intramolecular Hbond substituents is 1. The topological polar surface area (TPSA) is 133 Å². The highest BCUT2D eigenvalue weighted by Gasteiger charge is 2.70. The Kier molecular flexibility index (Phi) is 8.09. The van der Waals surface area contributed by atoms with Gasteiger partial charge in [0.2, 0.25) is 17.7 Å². The van der Waals surface area contributed by atoms with Crippen LogP contribution in [-0.2, 0) is 24.6 Å². The van der Waals surface area contributed by atoms with Crippen molar-refractivity contribution in [2.45, 2.75) is 31.1 Å². The molecule has 4 aliphatic rings. The molecule has 1 aromatic heterocycles. The molecule has 2 saturated heterocycles. The third-order valence-electron chi connectivity index (χ3n) is 12.4. The van der Waals surface area contributed by atoms with Gasteiger partial charge in [0.05, 0.1) is 34.5 Å². The first-order valence-corrected chi connectivity index (χ1v) is 19.7. The van der Waals surface area contributed by atoms with Crippen LogP contribution in [0.15, 0.2) is 142 Å². The van der Waals surface area contributed by atoms with Gasteiger partial charge in [0, 0.05) is 21.5 Å². The molecular weight excluding hydrogens is 784 g/mol. The number of nitrogens with zero attached hydrogens (tertiary/aromatic N) is 3. The lowest BCUT2D eigenvalue weighted by Crippen LogP contribution is -2.53. The predicted molar refractivity (Wildman–Crippen MR) is 217 cm³/mol. The Balaban J connectivity index is 1.08. The smallest absolute Gasteiger partial charge is 0.260 e. The van der Waals surface area contributed by atoms with E-state index in [1.54, 1.807) is 42.5 Å². The van der Waals surface area contributed by atoms with E-state index in [9.17, 15) is 19.5 Å². The number of oxazole rings is 1. The van der Waals surface area contributed by atoms with Crippen LogP contribution in [0.25, 0.3) is 22.6 Å². The van der Waals surface area contributed by atoms with Crippen LogP contribution in [0.4, 0.5) is 11.4 Å². The molecule has 1 saturated carbocycles. The van der Waals surface area contributed by atoms with Crippen LogP contribution in [-0.4, -0.2) is 38.7 Å². The quantitative estimate of drug-likeness (QED) is 0.126. The normalized spacial score (nSPS) is 25.4. The second-order valence-electron chi connectivity index (χ2n) is 15.3. The van der Waals surface area contributed by atoms with E-state index in [0.717, 1.165) is 21.7 Å². The zero-order valence-electron chi connectivity index (χ0n) is 30.6. The Morgan fingerprint density at radius 2 is 1.56 bits per heavy atom. The van der Waals surface area contributed by atoms with Gasteiger partial charge in [-0.1, -0.05) is 87.7 Å². The van der Waals surface area contributed by atoms with E-state index in [-0.39, 0.29) is 30.4 Å². The SMILES string of the molecule is Cc1ccc(NN2C(=O)[C@@H]3C[C@@H]4C(=CC[C@@H]5C(=O)N(c6ccc(-c7nc8ccccc8o7)cc6)C(=O)[C@@H]54)[C@H](c4cc(Br)ccc4O)[C@]3(c3ccccc3)C2=O)cc1. The molecule has 10 rings (SSSR count). The molecule has 2 N–H and O–H groups in total. The van der Waals surface area contributed by atoms with E-state index in [4.69, 9.17) is 4.42 Å². The average Bonchev–Trinajstić information content (AvgIpc) is 3.84. The van der Waals surface area contributed by atoms with Gasteiger partial charge in [-0.05, 0) is 98.0 Å². The number of hydrogen-bond donors (Lipinski definition) is 2. The summed E-state index contributed by atoms with van der Waals surface area (Å²) in [6.07, 6.45) is 2.39. The summed E-state index contributed by atoms with van der Waals surface area (Å²) in [6, 6.07) is 36.3. The van der Waals surface area contributed by atoms with Crippen molar-refractivity contribution in [3.05, 3.63) is 154 Å². The van der Waals surface area contributed by atoms with E-state index in [1.165, 1.54) is 4.90 Å². The molecule has 3 fully saturated rings. The molecule has 4 amide bonds. The Bertz CT molecular complexity index is 2640. The summed E-state index contributed by atoms with van der Waals surface area (Å²) in [4.78, 5) is 65.2. The third kappa shape index (κ3) is 5.25.